The standard InChI is InChI=1S/C23H30BrN7O2/c1-16(2)13-31-14-19-21(12-17-11-18(24)3-4-20(17)26-15-32)27-23(28-22(19)29-31)25-5-6-30-7-9-33-10-8-30/h3-4,11,14-16H,5-10,12-13H2,1-2H3,(H,26,32)(H,25,28,29). The molecule has 0 unspecified atom stereocenters. The molecule has 1 fully saturated rings. The van der Waals surface area contributed by atoms with Crippen molar-refractivity contribution in [3.05, 3.63) is 40.1 Å². The van der Waals surface area contributed by atoms with Crippen LogP contribution in [0.5, 0.6) is 0 Å². The van der Waals surface area contributed by atoms with Crippen LogP contribution >= 0.6 is 15.9 Å². The highest BCUT2D eigenvalue weighted by Crippen LogP contribution is 2.26. The normalized spacial score (nSPS) is 14.7. The summed E-state index contributed by atoms with van der Waals surface area (Å²) >= 11 is 3.54. The molecule has 0 atom stereocenters. The summed E-state index contributed by atoms with van der Waals surface area (Å²) in [6.45, 7) is 10.2. The molecule has 176 valence electrons. The Balaban J connectivity index is 1.61. The Labute approximate surface area is 202 Å². The number of nitrogens with one attached hydrogen (secondary N) is 2. The quantitative estimate of drug-likeness (QED) is 0.400. The van der Waals surface area contributed by atoms with Gasteiger partial charge in [-0.15, -0.1) is 0 Å². The van der Waals surface area contributed by atoms with Crippen molar-refractivity contribution >= 4 is 45.0 Å². The molecule has 0 radical (unpaired) electrons. The number of hydrogen-bond donors (Lipinski definition) is 2. The molecule has 0 spiro atoms. The van der Waals surface area contributed by atoms with Crippen molar-refractivity contribution in [2.75, 3.05) is 50.0 Å². The van der Waals surface area contributed by atoms with Crippen molar-refractivity contribution in [2.24, 2.45) is 5.92 Å². The van der Waals surface area contributed by atoms with Gasteiger partial charge < -0.3 is 15.4 Å². The van der Waals surface area contributed by atoms with Gasteiger partial charge in [0.2, 0.25) is 12.4 Å². The van der Waals surface area contributed by atoms with Crippen molar-refractivity contribution in [1.29, 1.82) is 0 Å². The highest BCUT2D eigenvalue weighted by Gasteiger charge is 2.16. The molecule has 0 aliphatic carbocycles. The summed E-state index contributed by atoms with van der Waals surface area (Å²) in [5.74, 6) is 1.04. The van der Waals surface area contributed by atoms with E-state index in [-0.39, 0.29) is 0 Å². The lowest BCUT2D eigenvalue weighted by Gasteiger charge is -2.26. The first-order valence-corrected chi connectivity index (χ1v) is 12.1. The molecular formula is C23H30BrN7O2. The first kappa shape index (κ1) is 23.6. The van der Waals surface area contributed by atoms with Gasteiger partial charge in [-0.2, -0.15) is 10.1 Å². The maximum atomic E-state index is 11.1. The fourth-order valence-corrected chi connectivity index (χ4v) is 4.34. The van der Waals surface area contributed by atoms with Gasteiger partial charge in [-0.05, 0) is 29.7 Å². The summed E-state index contributed by atoms with van der Waals surface area (Å²) in [5.41, 5.74) is 3.27. The maximum absolute atomic E-state index is 11.1. The molecule has 1 aromatic carbocycles. The lowest BCUT2D eigenvalue weighted by atomic mass is 10.1. The van der Waals surface area contributed by atoms with Gasteiger partial charge in [0.1, 0.15) is 0 Å². The van der Waals surface area contributed by atoms with E-state index in [4.69, 9.17) is 14.8 Å². The molecule has 2 aromatic heterocycles. The molecule has 1 aliphatic heterocycles. The van der Waals surface area contributed by atoms with Gasteiger partial charge in [-0.1, -0.05) is 29.8 Å². The zero-order valence-corrected chi connectivity index (χ0v) is 20.6. The molecule has 0 saturated carbocycles. The van der Waals surface area contributed by atoms with E-state index in [1.54, 1.807) is 0 Å². The molecule has 1 aliphatic rings. The third-order valence-corrected chi connectivity index (χ3v) is 6.01. The highest BCUT2D eigenvalue weighted by atomic mass is 79.9. The molecule has 10 heteroatoms. The average Bonchev–Trinajstić information content (AvgIpc) is 3.18. The predicted octanol–water partition coefficient (Wildman–Crippen LogP) is 3.15. The lowest BCUT2D eigenvalue weighted by molar-refractivity contribution is -0.105. The van der Waals surface area contributed by atoms with Crippen LogP contribution in [0.1, 0.15) is 25.1 Å². The van der Waals surface area contributed by atoms with Crippen LogP contribution in [0.25, 0.3) is 11.0 Å². The molecule has 33 heavy (non-hydrogen) atoms. The lowest BCUT2D eigenvalue weighted by Crippen LogP contribution is -2.39. The number of anilines is 2. The molecule has 1 saturated heterocycles. The van der Waals surface area contributed by atoms with Crippen LogP contribution in [0.2, 0.25) is 0 Å². The average molecular weight is 516 g/mol. The Hall–Kier alpha value is -2.56. The van der Waals surface area contributed by atoms with Crippen LogP contribution in [0.3, 0.4) is 0 Å². The Bertz CT molecular complexity index is 1100. The number of hydrogen-bond acceptors (Lipinski definition) is 7. The molecular weight excluding hydrogens is 486 g/mol. The fourth-order valence-electron chi connectivity index (χ4n) is 3.94. The van der Waals surface area contributed by atoms with E-state index >= 15 is 0 Å². The van der Waals surface area contributed by atoms with Gasteiger partial charge in [-0.25, -0.2) is 4.98 Å². The smallest absolute Gasteiger partial charge is 0.225 e. The van der Waals surface area contributed by atoms with E-state index in [1.165, 1.54) is 0 Å². The number of nitrogens with zero attached hydrogens (tertiary/aromatic N) is 5. The number of benzene rings is 1. The number of halogens is 1. The number of fused-ring (bicyclic) bond motifs is 1. The van der Waals surface area contributed by atoms with Crippen LogP contribution in [0, 0.1) is 5.92 Å². The summed E-state index contributed by atoms with van der Waals surface area (Å²) < 4.78 is 8.31. The highest BCUT2D eigenvalue weighted by molar-refractivity contribution is 9.10. The fraction of sp³-hybridized carbons (Fsp3) is 0.478. The SMILES string of the molecule is CC(C)Cn1cc2c(Cc3cc(Br)ccc3NC=O)nc(NCCN3CCOCC3)nc2n1. The zero-order valence-electron chi connectivity index (χ0n) is 19.1. The Kier molecular flexibility index (Phi) is 7.89. The van der Waals surface area contributed by atoms with Crippen molar-refractivity contribution in [2.45, 2.75) is 26.8 Å². The second kappa shape index (κ2) is 11.0. The number of aromatic nitrogens is 4. The summed E-state index contributed by atoms with van der Waals surface area (Å²) in [6.07, 6.45) is 3.26. The van der Waals surface area contributed by atoms with E-state index in [1.807, 2.05) is 29.1 Å². The van der Waals surface area contributed by atoms with Gasteiger partial charge in [0, 0.05) is 55.5 Å². The summed E-state index contributed by atoms with van der Waals surface area (Å²) in [4.78, 5) is 23.0. The summed E-state index contributed by atoms with van der Waals surface area (Å²) in [6, 6.07) is 5.80. The largest absolute Gasteiger partial charge is 0.379 e. The van der Waals surface area contributed by atoms with E-state index in [9.17, 15) is 4.79 Å². The first-order valence-electron chi connectivity index (χ1n) is 11.3. The van der Waals surface area contributed by atoms with E-state index in [2.05, 4.69) is 50.3 Å². The van der Waals surface area contributed by atoms with Crippen molar-refractivity contribution in [3.63, 3.8) is 0 Å². The van der Waals surface area contributed by atoms with E-state index in [0.717, 1.165) is 72.7 Å². The summed E-state index contributed by atoms with van der Waals surface area (Å²) in [5, 5.41) is 11.8. The van der Waals surface area contributed by atoms with Crippen LogP contribution < -0.4 is 10.6 Å². The van der Waals surface area contributed by atoms with Gasteiger partial charge in [0.15, 0.2) is 5.65 Å². The monoisotopic (exact) mass is 515 g/mol. The minimum atomic E-state index is 0.468. The van der Waals surface area contributed by atoms with E-state index in [0.29, 0.717) is 30.3 Å². The minimum Gasteiger partial charge on any atom is -0.379 e. The predicted molar refractivity (Wildman–Crippen MR) is 133 cm³/mol. The molecule has 1 amide bonds. The van der Waals surface area contributed by atoms with Gasteiger partial charge in [-0.3, -0.25) is 14.4 Å². The zero-order chi connectivity index (χ0) is 23.2. The Morgan fingerprint density at radius 2 is 2.06 bits per heavy atom. The second-order valence-electron chi connectivity index (χ2n) is 8.60. The number of rotatable bonds is 10. The van der Waals surface area contributed by atoms with Crippen LogP contribution in [0.15, 0.2) is 28.9 Å². The third kappa shape index (κ3) is 6.27. The number of ether oxygens (including phenoxy) is 1. The van der Waals surface area contributed by atoms with Crippen molar-refractivity contribution < 1.29 is 9.53 Å². The molecule has 0 bridgehead atoms. The van der Waals surface area contributed by atoms with Crippen LogP contribution in [0.4, 0.5) is 11.6 Å². The minimum absolute atomic E-state index is 0.468. The molecule has 3 heterocycles. The van der Waals surface area contributed by atoms with Gasteiger partial charge in [0.05, 0.1) is 24.3 Å². The van der Waals surface area contributed by atoms with Gasteiger partial charge >= 0.3 is 0 Å². The first-order chi connectivity index (χ1) is 16.0. The van der Waals surface area contributed by atoms with Gasteiger partial charge in [0.25, 0.3) is 0 Å². The number of morpholine rings is 1. The molecule has 4 rings (SSSR count). The number of amides is 1. The molecule has 9 nitrogen and oxygen atoms in total. The molecule has 2 N–H and O–H groups in total. The third-order valence-electron chi connectivity index (χ3n) is 5.51. The number of carbonyl (C=O) groups excluding carboxylic acids is 1. The number of carbonyl (C=O) groups is 1. The van der Waals surface area contributed by atoms with Crippen LogP contribution in [-0.4, -0.2) is 70.5 Å². The van der Waals surface area contributed by atoms with E-state index < -0.39 is 0 Å². The second-order valence-corrected chi connectivity index (χ2v) is 9.51. The van der Waals surface area contributed by atoms with Crippen molar-refractivity contribution in [3.8, 4) is 0 Å². The van der Waals surface area contributed by atoms with Crippen molar-refractivity contribution in [1.82, 2.24) is 24.6 Å². The topological polar surface area (TPSA) is 97.2 Å². The Morgan fingerprint density at radius 1 is 1.24 bits per heavy atom. The van der Waals surface area contributed by atoms with Crippen LogP contribution in [-0.2, 0) is 22.5 Å². The maximum Gasteiger partial charge on any atom is 0.225 e. The Morgan fingerprint density at radius 3 is 2.82 bits per heavy atom. The molecule has 3 aromatic rings. The summed E-state index contributed by atoms with van der Waals surface area (Å²) in [7, 11) is 0.